The molecule has 0 spiro atoms. The Balaban J connectivity index is 2.75. The highest BCUT2D eigenvalue weighted by Crippen LogP contribution is 2.11. The van der Waals surface area contributed by atoms with Crippen LogP contribution in [0.5, 0.6) is 0 Å². The zero-order valence-electron chi connectivity index (χ0n) is 5.83. The van der Waals surface area contributed by atoms with E-state index in [0.29, 0.717) is 0 Å². The lowest BCUT2D eigenvalue weighted by Gasteiger charge is -2.05. The Labute approximate surface area is 61.3 Å². The van der Waals surface area contributed by atoms with Gasteiger partial charge in [0.2, 0.25) is 0 Å². The summed E-state index contributed by atoms with van der Waals surface area (Å²) in [6, 6.07) is 9.78. The quantitative estimate of drug-likeness (QED) is 0.653. The summed E-state index contributed by atoms with van der Waals surface area (Å²) in [6.45, 7) is 3.89. The second-order valence-electron chi connectivity index (χ2n) is 2.29. The number of hydrogen-bond acceptors (Lipinski definition) is 1. The first-order valence-electron chi connectivity index (χ1n) is 3.33. The first-order valence-corrected chi connectivity index (χ1v) is 3.33. The number of aliphatic hydroxyl groups excluding tert-OH is 1. The molecule has 0 aliphatic heterocycles. The minimum Gasteiger partial charge on any atom is -0.396 e. The summed E-state index contributed by atoms with van der Waals surface area (Å²) in [5.74, 6) is 0.0150. The van der Waals surface area contributed by atoms with Gasteiger partial charge in [0, 0.05) is 12.5 Å². The van der Waals surface area contributed by atoms with Gasteiger partial charge in [0.25, 0.3) is 0 Å². The van der Waals surface area contributed by atoms with E-state index in [1.807, 2.05) is 30.3 Å². The van der Waals surface area contributed by atoms with Gasteiger partial charge in [0.15, 0.2) is 0 Å². The third-order valence-corrected chi connectivity index (χ3v) is 1.49. The molecule has 1 atom stereocenters. The van der Waals surface area contributed by atoms with Gasteiger partial charge in [0.05, 0.1) is 0 Å². The van der Waals surface area contributed by atoms with Crippen molar-refractivity contribution in [3.63, 3.8) is 0 Å². The lowest BCUT2D eigenvalue weighted by atomic mass is 10.0. The molecule has 10 heavy (non-hydrogen) atoms. The van der Waals surface area contributed by atoms with E-state index in [0.717, 1.165) is 5.56 Å². The van der Waals surface area contributed by atoms with Crippen molar-refractivity contribution in [2.24, 2.45) is 0 Å². The highest BCUT2D eigenvalue weighted by molar-refractivity contribution is 5.20. The molecule has 0 aliphatic carbocycles. The van der Waals surface area contributed by atoms with Crippen molar-refractivity contribution in [2.45, 2.75) is 5.92 Å². The summed E-state index contributed by atoms with van der Waals surface area (Å²) in [6.07, 6.45) is 0. The van der Waals surface area contributed by atoms with Crippen LogP contribution in [-0.4, -0.2) is 11.7 Å². The van der Waals surface area contributed by atoms with Crippen LogP contribution in [0.3, 0.4) is 0 Å². The average molecular weight is 135 g/mol. The number of aliphatic hydroxyl groups is 1. The van der Waals surface area contributed by atoms with Crippen molar-refractivity contribution in [3.8, 4) is 0 Å². The molecule has 0 amide bonds. The summed E-state index contributed by atoms with van der Waals surface area (Å²) in [5, 5.41) is 8.73. The Hall–Kier alpha value is -0.820. The normalized spacial score (nSPS) is 13.0. The molecule has 0 fully saturated rings. The van der Waals surface area contributed by atoms with Gasteiger partial charge >= 0.3 is 0 Å². The van der Waals surface area contributed by atoms with E-state index in [1.165, 1.54) is 0 Å². The first-order chi connectivity index (χ1) is 4.84. The van der Waals surface area contributed by atoms with Crippen molar-refractivity contribution in [1.82, 2.24) is 0 Å². The molecule has 0 saturated heterocycles. The standard InChI is InChI=1S/C9H11O/c1-8(7-10)9-5-3-2-4-6-9/h2-6,8,10H,1,7H2. The highest BCUT2D eigenvalue weighted by Gasteiger charge is 2.00. The largest absolute Gasteiger partial charge is 0.396 e. The zero-order valence-corrected chi connectivity index (χ0v) is 5.83. The maximum Gasteiger partial charge on any atom is 0.0499 e. The van der Waals surface area contributed by atoms with Crippen LogP contribution in [-0.2, 0) is 0 Å². The Bertz CT molecular complexity index is 181. The van der Waals surface area contributed by atoms with Gasteiger partial charge in [-0.1, -0.05) is 30.3 Å². The van der Waals surface area contributed by atoms with Crippen molar-refractivity contribution < 1.29 is 5.11 Å². The third kappa shape index (κ3) is 1.58. The molecule has 0 heterocycles. The molecule has 1 nitrogen and oxygen atoms in total. The molecule has 53 valence electrons. The maximum absolute atomic E-state index is 8.73. The highest BCUT2D eigenvalue weighted by atomic mass is 16.3. The molecule has 0 aromatic heterocycles. The third-order valence-electron chi connectivity index (χ3n) is 1.49. The van der Waals surface area contributed by atoms with Crippen molar-refractivity contribution in [2.75, 3.05) is 6.61 Å². The van der Waals surface area contributed by atoms with Crippen LogP contribution in [0.2, 0.25) is 0 Å². The SMILES string of the molecule is [CH2]C(CO)c1ccccc1. The minimum atomic E-state index is 0.0150. The Morgan fingerprint density at radius 1 is 1.30 bits per heavy atom. The Morgan fingerprint density at radius 3 is 2.40 bits per heavy atom. The first kappa shape index (κ1) is 7.29. The van der Waals surface area contributed by atoms with Gasteiger partial charge in [-0.2, -0.15) is 0 Å². The van der Waals surface area contributed by atoms with E-state index >= 15 is 0 Å². The zero-order chi connectivity index (χ0) is 7.40. The van der Waals surface area contributed by atoms with Crippen LogP contribution < -0.4 is 0 Å². The summed E-state index contributed by atoms with van der Waals surface area (Å²) in [7, 11) is 0. The maximum atomic E-state index is 8.73. The molecule has 1 aromatic carbocycles. The molecule has 1 unspecified atom stereocenters. The molecule has 1 N–H and O–H groups in total. The lowest BCUT2D eigenvalue weighted by molar-refractivity contribution is 0.282. The smallest absolute Gasteiger partial charge is 0.0499 e. The molecular weight excluding hydrogens is 124 g/mol. The summed E-state index contributed by atoms with van der Waals surface area (Å²) < 4.78 is 0. The van der Waals surface area contributed by atoms with Crippen LogP contribution in [0, 0.1) is 6.92 Å². The lowest BCUT2D eigenvalue weighted by Crippen LogP contribution is -1.97. The van der Waals surface area contributed by atoms with Gasteiger partial charge in [-0.05, 0) is 12.5 Å². The fourth-order valence-corrected chi connectivity index (χ4v) is 0.831. The predicted octanol–water partition coefficient (Wildman–Crippen LogP) is 1.60. The van der Waals surface area contributed by atoms with Crippen LogP contribution >= 0.6 is 0 Å². The summed E-state index contributed by atoms with van der Waals surface area (Å²) >= 11 is 0. The summed E-state index contributed by atoms with van der Waals surface area (Å²) in [4.78, 5) is 0. The van der Waals surface area contributed by atoms with E-state index in [4.69, 9.17) is 5.11 Å². The van der Waals surface area contributed by atoms with Crippen molar-refractivity contribution in [3.05, 3.63) is 42.8 Å². The molecule has 1 heteroatoms. The Kier molecular flexibility index (Phi) is 2.46. The second-order valence-corrected chi connectivity index (χ2v) is 2.29. The molecule has 1 radical (unpaired) electrons. The van der Waals surface area contributed by atoms with Crippen molar-refractivity contribution in [1.29, 1.82) is 0 Å². The second kappa shape index (κ2) is 3.37. The average Bonchev–Trinajstić information content (AvgIpc) is 2.05. The minimum absolute atomic E-state index is 0.0150. The number of hydrogen-bond donors (Lipinski definition) is 1. The van der Waals surface area contributed by atoms with Crippen molar-refractivity contribution >= 4 is 0 Å². The van der Waals surface area contributed by atoms with Gasteiger partial charge in [-0.15, -0.1) is 0 Å². The predicted molar refractivity (Wildman–Crippen MR) is 41.6 cm³/mol. The molecule has 1 aromatic rings. The Morgan fingerprint density at radius 2 is 1.90 bits per heavy atom. The molecule has 0 saturated carbocycles. The molecular formula is C9H11O. The number of benzene rings is 1. The van der Waals surface area contributed by atoms with E-state index in [-0.39, 0.29) is 12.5 Å². The van der Waals surface area contributed by atoms with Crippen LogP contribution in [0.4, 0.5) is 0 Å². The van der Waals surface area contributed by atoms with E-state index in [9.17, 15) is 0 Å². The topological polar surface area (TPSA) is 20.2 Å². The van der Waals surface area contributed by atoms with Gasteiger partial charge in [-0.3, -0.25) is 0 Å². The fraction of sp³-hybridized carbons (Fsp3) is 0.222. The van der Waals surface area contributed by atoms with Gasteiger partial charge in [-0.25, -0.2) is 0 Å². The van der Waals surface area contributed by atoms with Crippen LogP contribution in [0.25, 0.3) is 0 Å². The van der Waals surface area contributed by atoms with E-state index in [1.54, 1.807) is 0 Å². The van der Waals surface area contributed by atoms with Gasteiger partial charge in [0.1, 0.15) is 0 Å². The molecule has 0 bridgehead atoms. The fourth-order valence-electron chi connectivity index (χ4n) is 0.831. The molecule has 1 rings (SSSR count). The van der Waals surface area contributed by atoms with E-state index < -0.39 is 0 Å². The van der Waals surface area contributed by atoms with Gasteiger partial charge < -0.3 is 5.11 Å². The molecule has 0 aliphatic rings. The van der Waals surface area contributed by atoms with Crippen LogP contribution in [0.15, 0.2) is 30.3 Å². The van der Waals surface area contributed by atoms with Crippen LogP contribution in [0.1, 0.15) is 11.5 Å². The van der Waals surface area contributed by atoms with E-state index in [2.05, 4.69) is 6.92 Å². The monoisotopic (exact) mass is 135 g/mol. The summed E-state index contributed by atoms with van der Waals surface area (Å²) in [5.41, 5.74) is 1.09. The number of rotatable bonds is 2.